The summed E-state index contributed by atoms with van der Waals surface area (Å²) in [5.74, 6) is 0. The van der Waals surface area contributed by atoms with E-state index < -0.39 is 10.0 Å². The van der Waals surface area contributed by atoms with Crippen molar-refractivity contribution in [3.05, 3.63) is 29.3 Å². The Labute approximate surface area is 131 Å². The molecule has 0 bridgehead atoms. The lowest BCUT2D eigenvalue weighted by atomic mass is 10.3. The standard InChI is InChI=1S/C14H23N5O2S/c1-6-7-19(10-13-8-15-17(4)9-13)22(20,21)14-11(2)16-18(5)12(14)3/h8-9H,6-7,10H2,1-5H3. The van der Waals surface area contributed by atoms with Crippen molar-refractivity contribution in [2.75, 3.05) is 6.54 Å². The van der Waals surface area contributed by atoms with Gasteiger partial charge in [-0.05, 0) is 20.3 Å². The van der Waals surface area contributed by atoms with E-state index in [1.807, 2.05) is 20.2 Å². The number of nitrogens with zero attached hydrogens (tertiary/aromatic N) is 5. The third kappa shape index (κ3) is 3.07. The number of rotatable bonds is 6. The zero-order valence-electron chi connectivity index (χ0n) is 13.7. The molecule has 0 fully saturated rings. The van der Waals surface area contributed by atoms with Crippen LogP contribution in [0, 0.1) is 13.8 Å². The molecule has 0 spiro atoms. The predicted molar refractivity (Wildman–Crippen MR) is 83.8 cm³/mol. The zero-order chi connectivity index (χ0) is 16.5. The van der Waals surface area contributed by atoms with Crippen molar-refractivity contribution in [3.63, 3.8) is 0 Å². The summed E-state index contributed by atoms with van der Waals surface area (Å²) in [4.78, 5) is 0.312. The van der Waals surface area contributed by atoms with Gasteiger partial charge in [-0.2, -0.15) is 14.5 Å². The first-order valence-corrected chi connectivity index (χ1v) is 8.69. The number of sulfonamides is 1. The van der Waals surface area contributed by atoms with Gasteiger partial charge < -0.3 is 0 Å². The minimum atomic E-state index is -3.58. The average molecular weight is 325 g/mol. The second-order valence-electron chi connectivity index (χ2n) is 5.48. The van der Waals surface area contributed by atoms with Crippen LogP contribution in [-0.2, 0) is 30.7 Å². The molecule has 0 aromatic carbocycles. The summed E-state index contributed by atoms with van der Waals surface area (Å²) >= 11 is 0. The molecule has 0 amide bonds. The largest absolute Gasteiger partial charge is 0.275 e. The maximum Gasteiger partial charge on any atom is 0.247 e. The van der Waals surface area contributed by atoms with Crippen LogP contribution in [0.5, 0.6) is 0 Å². The Bertz CT molecular complexity index is 760. The van der Waals surface area contributed by atoms with Gasteiger partial charge in [0, 0.05) is 38.9 Å². The van der Waals surface area contributed by atoms with Crippen molar-refractivity contribution in [1.29, 1.82) is 0 Å². The lowest BCUT2D eigenvalue weighted by molar-refractivity contribution is 0.405. The lowest BCUT2D eigenvalue weighted by Crippen LogP contribution is -2.32. The van der Waals surface area contributed by atoms with Crippen molar-refractivity contribution in [1.82, 2.24) is 23.9 Å². The molecule has 2 aromatic heterocycles. The van der Waals surface area contributed by atoms with Crippen LogP contribution in [0.1, 0.15) is 30.3 Å². The Morgan fingerprint density at radius 2 is 1.95 bits per heavy atom. The summed E-state index contributed by atoms with van der Waals surface area (Å²) in [7, 11) is -0.00609. The second-order valence-corrected chi connectivity index (χ2v) is 7.36. The van der Waals surface area contributed by atoms with E-state index in [9.17, 15) is 8.42 Å². The topological polar surface area (TPSA) is 73.0 Å². The summed E-state index contributed by atoms with van der Waals surface area (Å²) in [6, 6.07) is 0. The Balaban J connectivity index is 2.41. The van der Waals surface area contributed by atoms with Crippen LogP contribution in [0.4, 0.5) is 0 Å². The predicted octanol–water partition coefficient (Wildman–Crippen LogP) is 1.37. The number of hydrogen-bond acceptors (Lipinski definition) is 4. The molecule has 122 valence electrons. The van der Waals surface area contributed by atoms with E-state index in [2.05, 4.69) is 10.2 Å². The molecule has 0 unspecified atom stereocenters. The fraction of sp³-hybridized carbons (Fsp3) is 0.571. The molecule has 0 N–H and O–H groups in total. The molecule has 0 radical (unpaired) electrons. The van der Waals surface area contributed by atoms with Gasteiger partial charge in [-0.15, -0.1) is 0 Å². The first-order chi connectivity index (χ1) is 10.3. The zero-order valence-corrected chi connectivity index (χ0v) is 14.6. The highest BCUT2D eigenvalue weighted by molar-refractivity contribution is 7.89. The van der Waals surface area contributed by atoms with Crippen LogP contribution in [-0.4, -0.2) is 38.8 Å². The Hall–Kier alpha value is -1.67. The van der Waals surface area contributed by atoms with Crippen molar-refractivity contribution < 1.29 is 8.42 Å². The van der Waals surface area contributed by atoms with E-state index in [-0.39, 0.29) is 0 Å². The third-order valence-electron chi connectivity index (χ3n) is 3.63. The monoisotopic (exact) mass is 325 g/mol. The van der Waals surface area contributed by atoms with E-state index in [0.717, 1.165) is 12.0 Å². The average Bonchev–Trinajstić information content (AvgIpc) is 2.93. The van der Waals surface area contributed by atoms with Crippen LogP contribution < -0.4 is 0 Å². The van der Waals surface area contributed by atoms with Gasteiger partial charge in [-0.1, -0.05) is 6.92 Å². The fourth-order valence-corrected chi connectivity index (χ4v) is 4.47. The Morgan fingerprint density at radius 3 is 2.41 bits per heavy atom. The van der Waals surface area contributed by atoms with E-state index in [0.29, 0.717) is 29.4 Å². The van der Waals surface area contributed by atoms with E-state index in [1.165, 1.54) is 4.31 Å². The van der Waals surface area contributed by atoms with E-state index in [4.69, 9.17) is 0 Å². The van der Waals surface area contributed by atoms with Crippen LogP contribution in [0.2, 0.25) is 0 Å². The minimum absolute atomic E-state index is 0.312. The van der Waals surface area contributed by atoms with Gasteiger partial charge in [0.25, 0.3) is 0 Å². The molecule has 0 saturated heterocycles. The van der Waals surface area contributed by atoms with Gasteiger partial charge in [0.1, 0.15) is 4.90 Å². The molecule has 0 aliphatic heterocycles. The molecule has 0 atom stereocenters. The highest BCUT2D eigenvalue weighted by Gasteiger charge is 2.30. The van der Waals surface area contributed by atoms with Gasteiger partial charge in [0.2, 0.25) is 10.0 Å². The first-order valence-electron chi connectivity index (χ1n) is 7.25. The van der Waals surface area contributed by atoms with Crippen LogP contribution in [0.3, 0.4) is 0 Å². The van der Waals surface area contributed by atoms with Gasteiger partial charge >= 0.3 is 0 Å². The molecule has 2 rings (SSSR count). The Kier molecular flexibility index (Phi) is 4.72. The molecule has 7 nitrogen and oxygen atoms in total. The quantitative estimate of drug-likeness (QED) is 0.804. The molecule has 0 saturated carbocycles. The van der Waals surface area contributed by atoms with Gasteiger partial charge in [-0.25, -0.2) is 8.42 Å². The third-order valence-corrected chi connectivity index (χ3v) is 5.73. The van der Waals surface area contributed by atoms with Crippen LogP contribution in [0.25, 0.3) is 0 Å². The van der Waals surface area contributed by atoms with E-state index in [1.54, 1.807) is 36.5 Å². The summed E-state index contributed by atoms with van der Waals surface area (Å²) in [5.41, 5.74) is 2.07. The molecule has 2 heterocycles. The van der Waals surface area contributed by atoms with Crippen molar-refractivity contribution in [2.45, 2.75) is 38.6 Å². The Morgan fingerprint density at radius 1 is 1.27 bits per heavy atom. The van der Waals surface area contributed by atoms with Gasteiger partial charge in [-0.3, -0.25) is 9.36 Å². The normalized spacial score (nSPS) is 12.3. The first kappa shape index (κ1) is 16.7. The molecule has 0 aliphatic rings. The highest BCUT2D eigenvalue weighted by atomic mass is 32.2. The molecule has 2 aromatic rings. The van der Waals surface area contributed by atoms with Crippen LogP contribution in [0.15, 0.2) is 17.3 Å². The van der Waals surface area contributed by atoms with Crippen molar-refractivity contribution in [3.8, 4) is 0 Å². The maximum absolute atomic E-state index is 13.0. The summed E-state index contributed by atoms with van der Waals surface area (Å²) in [6.45, 7) is 6.26. The smallest absolute Gasteiger partial charge is 0.247 e. The number of aryl methyl sites for hydroxylation is 3. The van der Waals surface area contributed by atoms with Crippen molar-refractivity contribution >= 4 is 10.0 Å². The number of hydrogen-bond donors (Lipinski definition) is 0. The van der Waals surface area contributed by atoms with E-state index >= 15 is 0 Å². The highest BCUT2D eigenvalue weighted by Crippen LogP contribution is 2.24. The minimum Gasteiger partial charge on any atom is -0.275 e. The molecule has 0 aliphatic carbocycles. The summed E-state index contributed by atoms with van der Waals surface area (Å²) < 4.78 is 30.8. The van der Waals surface area contributed by atoms with Crippen molar-refractivity contribution in [2.24, 2.45) is 14.1 Å². The molecule has 8 heteroatoms. The molecular weight excluding hydrogens is 302 g/mol. The lowest BCUT2D eigenvalue weighted by Gasteiger charge is -2.21. The maximum atomic E-state index is 13.0. The summed E-state index contributed by atoms with van der Waals surface area (Å²) in [5, 5.41) is 8.33. The van der Waals surface area contributed by atoms with Gasteiger partial charge in [0.15, 0.2) is 0 Å². The SMILES string of the molecule is CCCN(Cc1cnn(C)c1)S(=O)(=O)c1c(C)nn(C)c1C. The number of aromatic nitrogens is 4. The molecular formula is C14H23N5O2S. The fourth-order valence-electron chi connectivity index (χ4n) is 2.55. The summed E-state index contributed by atoms with van der Waals surface area (Å²) in [6.07, 6.45) is 4.28. The second kappa shape index (κ2) is 6.21. The molecule has 22 heavy (non-hydrogen) atoms. The van der Waals surface area contributed by atoms with Gasteiger partial charge in [0.05, 0.1) is 17.6 Å². The van der Waals surface area contributed by atoms with Crippen LogP contribution >= 0.6 is 0 Å².